The molecule has 0 unspecified atom stereocenters. The van der Waals surface area contributed by atoms with Crippen LogP contribution in [-0.4, -0.2) is 62.5 Å². The number of benzene rings is 2. The van der Waals surface area contributed by atoms with Crippen LogP contribution in [0.5, 0.6) is 0 Å². The summed E-state index contributed by atoms with van der Waals surface area (Å²) in [5, 5.41) is 19.7. The van der Waals surface area contributed by atoms with E-state index < -0.39 is 41.3 Å². The number of nitrogens with one attached hydrogen (secondary N) is 3. The van der Waals surface area contributed by atoms with Crippen LogP contribution >= 0.6 is 0 Å². The highest BCUT2D eigenvalue weighted by atomic mass is 16.6. The third-order valence-corrected chi connectivity index (χ3v) is 6.11. The number of carbonyl (C=O) groups is 4. The molecular weight excluding hydrogens is 554 g/mol. The molecule has 12 nitrogen and oxygen atoms in total. The number of aromatic nitrogens is 2. The van der Waals surface area contributed by atoms with Gasteiger partial charge in [-0.1, -0.05) is 30.3 Å². The average molecular weight is 596 g/mol. The molecule has 3 rings (SSSR count). The van der Waals surface area contributed by atoms with Crippen molar-refractivity contribution in [3.05, 3.63) is 65.7 Å². The van der Waals surface area contributed by atoms with Gasteiger partial charge in [-0.15, -0.1) is 0 Å². The van der Waals surface area contributed by atoms with Gasteiger partial charge < -0.3 is 30.5 Å². The number of amides is 2. The van der Waals surface area contributed by atoms with Crippen LogP contribution in [0.4, 0.5) is 9.59 Å². The predicted octanol–water partition coefficient (Wildman–Crippen LogP) is 4.60. The number of aliphatic carboxylic acids is 1. The molecule has 0 aliphatic heterocycles. The van der Waals surface area contributed by atoms with Crippen molar-refractivity contribution in [1.29, 1.82) is 0 Å². The number of hydrogen-bond acceptors (Lipinski definition) is 8. The quantitative estimate of drug-likeness (QED) is 0.232. The minimum Gasteiger partial charge on any atom is -0.480 e. The molecular formula is C31H41N5O7. The zero-order valence-electron chi connectivity index (χ0n) is 25.5. The summed E-state index contributed by atoms with van der Waals surface area (Å²) in [6.07, 6.45) is 2.44. The van der Waals surface area contributed by atoms with Crippen LogP contribution in [0.2, 0.25) is 0 Å². The third-order valence-electron chi connectivity index (χ3n) is 6.11. The van der Waals surface area contributed by atoms with Crippen molar-refractivity contribution in [2.75, 3.05) is 6.54 Å². The van der Waals surface area contributed by atoms with Crippen LogP contribution in [0.15, 0.2) is 48.8 Å². The van der Waals surface area contributed by atoms with Crippen molar-refractivity contribution in [3.63, 3.8) is 0 Å². The van der Waals surface area contributed by atoms with E-state index in [0.717, 1.165) is 10.9 Å². The molecule has 2 aromatic carbocycles. The van der Waals surface area contributed by atoms with Gasteiger partial charge in [-0.25, -0.2) is 23.9 Å². The van der Waals surface area contributed by atoms with Crippen LogP contribution in [0.1, 0.15) is 76.1 Å². The zero-order chi connectivity index (χ0) is 31.8. The SMILES string of the molecule is CC(C)(C)OC(=O)NCCC[C@H](NC(=O)c1ccc(CNCc2nccn2C(=O)OC(C)(C)C)c2ccccc12)C(=O)O. The molecule has 1 atom stereocenters. The molecule has 0 bridgehead atoms. The van der Waals surface area contributed by atoms with Gasteiger partial charge in [0.1, 0.15) is 23.1 Å². The van der Waals surface area contributed by atoms with Gasteiger partial charge in [0.05, 0.1) is 6.54 Å². The predicted molar refractivity (Wildman–Crippen MR) is 161 cm³/mol. The van der Waals surface area contributed by atoms with Gasteiger partial charge in [0, 0.05) is 31.0 Å². The van der Waals surface area contributed by atoms with Crippen molar-refractivity contribution < 1.29 is 33.8 Å². The fourth-order valence-corrected chi connectivity index (χ4v) is 4.27. The largest absolute Gasteiger partial charge is 0.480 e. The number of carbonyl (C=O) groups excluding carboxylic acids is 3. The summed E-state index contributed by atoms with van der Waals surface area (Å²) >= 11 is 0. The van der Waals surface area contributed by atoms with E-state index >= 15 is 0 Å². The number of alkyl carbamates (subject to hydrolysis) is 1. The van der Waals surface area contributed by atoms with E-state index in [-0.39, 0.29) is 13.0 Å². The highest BCUT2D eigenvalue weighted by Crippen LogP contribution is 2.23. The Kier molecular flexibility index (Phi) is 10.9. The molecule has 2 amide bonds. The van der Waals surface area contributed by atoms with Crippen LogP contribution < -0.4 is 16.0 Å². The number of nitrogens with zero attached hydrogens (tertiary/aromatic N) is 2. The molecule has 1 aromatic heterocycles. The summed E-state index contributed by atoms with van der Waals surface area (Å²) < 4.78 is 12.0. The van der Waals surface area contributed by atoms with E-state index in [1.54, 1.807) is 53.8 Å². The molecule has 0 fully saturated rings. The van der Waals surface area contributed by atoms with Gasteiger partial charge in [-0.2, -0.15) is 0 Å². The van der Waals surface area contributed by atoms with Crippen molar-refractivity contribution >= 4 is 34.8 Å². The lowest BCUT2D eigenvalue weighted by Crippen LogP contribution is -2.41. The van der Waals surface area contributed by atoms with Gasteiger partial charge in [-0.05, 0) is 76.8 Å². The summed E-state index contributed by atoms with van der Waals surface area (Å²) in [4.78, 5) is 53.7. The van der Waals surface area contributed by atoms with Crippen LogP contribution in [0.3, 0.4) is 0 Å². The van der Waals surface area contributed by atoms with Crippen molar-refractivity contribution in [3.8, 4) is 0 Å². The summed E-state index contributed by atoms with van der Waals surface area (Å²) in [6.45, 7) is 11.6. The summed E-state index contributed by atoms with van der Waals surface area (Å²) in [6, 6.07) is 9.71. The monoisotopic (exact) mass is 595 g/mol. The maximum absolute atomic E-state index is 13.2. The van der Waals surface area contributed by atoms with Gasteiger partial charge >= 0.3 is 18.2 Å². The van der Waals surface area contributed by atoms with E-state index in [1.807, 2.05) is 30.3 Å². The fourth-order valence-electron chi connectivity index (χ4n) is 4.27. The highest BCUT2D eigenvalue weighted by Gasteiger charge is 2.23. The highest BCUT2D eigenvalue weighted by molar-refractivity contribution is 6.08. The zero-order valence-corrected chi connectivity index (χ0v) is 25.5. The van der Waals surface area contributed by atoms with Gasteiger partial charge in [0.2, 0.25) is 0 Å². The van der Waals surface area contributed by atoms with Crippen LogP contribution in [0.25, 0.3) is 10.8 Å². The van der Waals surface area contributed by atoms with Crippen LogP contribution in [-0.2, 0) is 27.4 Å². The van der Waals surface area contributed by atoms with E-state index in [1.165, 1.54) is 10.8 Å². The van der Waals surface area contributed by atoms with Crippen molar-refractivity contribution in [2.24, 2.45) is 0 Å². The van der Waals surface area contributed by atoms with E-state index in [2.05, 4.69) is 20.9 Å². The molecule has 3 aromatic rings. The number of carboxylic acid groups (broad SMARTS) is 1. The first-order valence-corrected chi connectivity index (χ1v) is 14.1. The van der Waals surface area contributed by atoms with Crippen LogP contribution in [0, 0.1) is 0 Å². The Morgan fingerprint density at radius 3 is 2.26 bits per heavy atom. The normalized spacial score (nSPS) is 12.4. The Hall–Kier alpha value is -4.45. The van der Waals surface area contributed by atoms with Gasteiger partial charge in [0.15, 0.2) is 0 Å². The Morgan fingerprint density at radius 1 is 0.930 bits per heavy atom. The van der Waals surface area contributed by atoms with Gasteiger partial charge in [-0.3, -0.25) is 4.79 Å². The average Bonchev–Trinajstić information content (AvgIpc) is 3.37. The Balaban J connectivity index is 1.64. The Bertz CT molecular complexity index is 1450. The molecule has 0 radical (unpaired) electrons. The standard InChI is InChI=1S/C31H41N5O7/c1-30(2,3)42-28(40)34-15-9-12-24(27(38)39)35-26(37)23-14-13-20(21-10-7-8-11-22(21)23)18-32-19-25-33-16-17-36(25)29(41)43-31(4,5)6/h7-8,10-11,13-14,16-17,24,32H,9,12,15,18-19H2,1-6H3,(H,34,40)(H,35,37)(H,38,39)/t24-/m0/s1. The number of rotatable bonds is 11. The topological polar surface area (TPSA) is 161 Å². The molecule has 1 heterocycles. The fraction of sp³-hybridized carbons (Fsp3) is 0.452. The molecule has 0 saturated carbocycles. The number of carboxylic acids is 1. The molecule has 0 spiro atoms. The second kappa shape index (κ2) is 14.1. The molecule has 0 saturated heterocycles. The summed E-state index contributed by atoms with van der Waals surface area (Å²) in [7, 11) is 0. The van der Waals surface area contributed by atoms with E-state index in [0.29, 0.717) is 36.3 Å². The molecule has 0 aliphatic carbocycles. The van der Waals surface area contributed by atoms with E-state index in [4.69, 9.17) is 9.47 Å². The van der Waals surface area contributed by atoms with Gasteiger partial charge in [0.25, 0.3) is 5.91 Å². The maximum atomic E-state index is 13.2. The first-order chi connectivity index (χ1) is 20.1. The molecule has 232 valence electrons. The molecule has 43 heavy (non-hydrogen) atoms. The summed E-state index contributed by atoms with van der Waals surface area (Å²) in [5.74, 6) is -1.18. The number of fused-ring (bicyclic) bond motifs is 1. The maximum Gasteiger partial charge on any atom is 0.420 e. The van der Waals surface area contributed by atoms with E-state index in [9.17, 15) is 24.3 Å². The Labute approximate surface area is 251 Å². The second-order valence-corrected chi connectivity index (χ2v) is 12.1. The minimum atomic E-state index is -1.17. The second-order valence-electron chi connectivity index (χ2n) is 12.1. The first kappa shape index (κ1) is 33.1. The number of hydrogen-bond donors (Lipinski definition) is 4. The molecule has 12 heteroatoms. The number of imidazole rings is 1. The lowest BCUT2D eigenvalue weighted by atomic mass is 9.98. The van der Waals surface area contributed by atoms with Crippen molar-refractivity contribution in [2.45, 2.75) is 84.7 Å². The number of ether oxygens (including phenoxy) is 2. The summed E-state index contributed by atoms with van der Waals surface area (Å²) in [5.41, 5.74) is -0.0209. The smallest absolute Gasteiger partial charge is 0.420 e. The minimum absolute atomic E-state index is 0.121. The van der Waals surface area contributed by atoms with Crippen molar-refractivity contribution in [1.82, 2.24) is 25.5 Å². The first-order valence-electron chi connectivity index (χ1n) is 14.1. The Morgan fingerprint density at radius 2 is 1.60 bits per heavy atom. The molecule has 4 N–H and O–H groups in total. The lowest BCUT2D eigenvalue weighted by molar-refractivity contribution is -0.139. The molecule has 0 aliphatic rings. The third kappa shape index (κ3) is 10.1. The lowest BCUT2D eigenvalue weighted by Gasteiger charge is -2.20.